The molecule has 0 bridgehead atoms. The van der Waals surface area contributed by atoms with Gasteiger partial charge in [-0.1, -0.05) is 24.3 Å². The van der Waals surface area contributed by atoms with E-state index in [1.807, 2.05) is 24.4 Å². The molecule has 2 aromatic rings. The lowest BCUT2D eigenvalue weighted by Gasteiger charge is -2.26. The topological polar surface area (TPSA) is 61.8 Å². The Balaban J connectivity index is 1.50. The van der Waals surface area contributed by atoms with E-state index >= 15 is 0 Å². The maximum Gasteiger partial charge on any atom is 0.191 e. The number of aromatic nitrogens is 1. The molecule has 0 amide bonds. The summed E-state index contributed by atoms with van der Waals surface area (Å²) in [6.07, 6.45) is 1.86. The molecule has 0 unspecified atom stereocenters. The van der Waals surface area contributed by atoms with Gasteiger partial charge in [-0.3, -0.25) is 14.9 Å². The molecule has 1 fully saturated rings. The molecule has 1 saturated heterocycles. The van der Waals surface area contributed by atoms with Crippen LogP contribution in [0.15, 0.2) is 41.5 Å². The Bertz CT molecular complexity index is 677. The van der Waals surface area contributed by atoms with Gasteiger partial charge in [-0.2, -0.15) is 0 Å². The van der Waals surface area contributed by atoms with Crippen LogP contribution in [0.2, 0.25) is 0 Å². The molecule has 1 aromatic heterocycles. The van der Waals surface area contributed by atoms with E-state index in [1.165, 1.54) is 10.8 Å². The molecule has 128 valence electrons. The minimum absolute atomic E-state index is 0.651. The van der Waals surface area contributed by atoms with E-state index in [0.29, 0.717) is 6.54 Å². The first-order chi connectivity index (χ1) is 11.9. The van der Waals surface area contributed by atoms with Gasteiger partial charge in [0.15, 0.2) is 5.96 Å². The number of nitrogens with zero attached hydrogens (tertiary/aromatic N) is 3. The average molecular weight is 327 g/mol. The van der Waals surface area contributed by atoms with E-state index < -0.39 is 0 Å². The maximum atomic E-state index is 5.37. The number of ether oxygens (including phenoxy) is 1. The quantitative estimate of drug-likeness (QED) is 0.639. The van der Waals surface area contributed by atoms with Crippen molar-refractivity contribution >= 4 is 16.7 Å². The van der Waals surface area contributed by atoms with Gasteiger partial charge >= 0.3 is 0 Å². The fraction of sp³-hybridized carbons (Fsp3) is 0.444. The lowest BCUT2D eigenvalue weighted by molar-refractivity contribution is 0.0389. The van der Waals surface area contributed by atoms with Crippen molar-refractivity contribution in [1.82, 2.24) is 20.5 Å². The fourth-order valence-electron chi connectivity index (χ4n) is 2.87. The highest BCUT2D eigenvalue weighted by atomic mass is 16.5. The van der Waals surface area contributed by atoms with Crippen molar-refractivity contribution in [2.75, 3.05) is 46.4 Å². The van der Waals surface area contributed by atoms with Crippen molar-refractivity contribution in [3.8, 4) is 0 Å². The summed E-state index contributed by atoms with van der Waals surface area (Å²) in [5, 5.41) is 9.10. The number of hydrogen-bond donors (Lipinski definition) is 2. The number of nitrogens with one attached hydrogen (secondary N) is 2. The van der Waals surface area contributed by atoms with E-state index in [0.717, 1.165) is 51.0 Å². The second-order valence-corrected chi connectivity index (χ2v) is 5.79. The first kappa shape index (κ1) is 16.7. The summed E-state index contributed by atoms with van der Waals surface area (Å²) in [5.41, 5.74) is 1.03. The minimum Gasteiger partial charge on any atom is -0.379 e. The molecular formula is C18H25N5O. The van der Waals surface area contributed by atoms with E-state index in [1.54, 1.807) is 7.05 Å². The number of aliphatic imine (C=N–C) groups is 1. The van der Waals surface area contributed by atoms with Crippen LogP contribution in [0.3, 0.4) is 0 Å². The Labute approximate surface area is 142 Å². The van der Waals surface area contributed by atoms with Crippen LogP contribution in [0, 0.1) is 0 Å². The lowest BCUT2D eigenvalue weighted by atomic mass is 10.1. The number of pyridine rings is 1. The summed E-state index contributed by atoms with van der Waals surface area (Å²) < 4.78 is 5.37. The molecule has 3 rings (SSSR count). The van der Waals surface area contributed by atoms with Crippen LogP contribution in [0.5, 0.6) is 0 Å². The Morgan fingerprint density at radius 3 is 2.88 bits per heavy atom. The van der Waals surface area contributed by atoms with Gasteiger partial charge < -0.3 is 15.4 Å². The fourth-order valence-corrected chi connectivity index (χ4v) is 2.87. The third-order valence-electron chi connectivity index (χ3n) is 4.23. The third kappa shape index (κ3) is 4.43. The van der Waals surface area contributed by atoms with Crippen molar-refractivity contribution in [2.24, 2.45) is 4.99 Å². The Hall–Kier alpha value is -2.18. The summed E-state index contributed by atoms with van der Waals surface area (Å²) >= 11 is 0. The zero-order valence-corrected chi connectivity index (χ0v) is 14.2. The highest BCUT2D eigenvalue weighted by molar-refractivity contribution is 5.85. The molecular weight excluding hydrogens is 302 g/mol. The largest absolute Gasteiger partial charge is 0.379 e. The van der Waals surface area contributed by atoms with Crippen molar-refractivity contribution in [1.29, 1.82) is 0 Å². The van der Waals surface area contributed by atoms with Crippen molar-refractivity contribution < 1.29 is 4.74 Å². The molecule has 2 N–H and O–H groups in total. The highest BCUT2D eigenvalue weighted by Gasteiger charge is 2.10. The second-order valence-electron chi connectivity index (χ2n) is 5.79. The Morgan fingerprint density at radius 2 is 2.04 bits per heavy atom. The molecule has 0 saturated carbocycles. The molecule has 6 nitrogen and oxygen atoms in total. The molecule has 2 heterocycles. The van der Waals surface area contributed by atoms with Gasteiger partial charge in [-0.25, -0.2) is 0 Å². The maximum absolute atomic E-state index is 5.37. The van der Waals surface area contributed by atoms with Gasteiger partial charge in [0.05, 0.1) is 25.5 Å². The van der Waals surface area contributed by atoms with E-state index in [9.17, 15) is 0 Å². The summed E-state index contributed by atoms with van der Waals surface area (Å²) in [6, 6.07) is 10.3. The average Bonchev–Trinajstić information content (AvgIpc) is 2.65. The number of guanidine groups is 1. The number of rotatable bonds is 5. The number of benzene rings is 1. The number of morpholine rings is 1. The Morgan fingerprint density at radius 1 is 1.21 bits per heavy atom. The Kier molecular flexibility index (Phi) is 5.98. The van der Waals surface area contributed by atoms with Gasteiger partial charge in [0, 0.05) is 44.8 Å². The van der Waals surface area contributed by atoms with Crippen LogP contribution in [0.1, 0.15) is 5.69 Å². The van der Waals surface area contributed by atoms with Crippen LogP contribution in [0.4, 0.5) is 0 Å². The minimum atomic E-state index is 0.651. The molecule has 1 aromatic carbocycles. The van der Waals surface area contributed by atoms with Crippen molar-refractivity contribution in [3.63, 3.8) is 0 Å². The summed E-state index contributed by atoms with van der Waals surface area (Å²) in [7, 11) is 1.79. The summed E-state index contributed by atoms with van der Waals surface area (Å²) in [5.74, 6) is 0.804. The van der Waals surface area contributed by atoms with Gasteiger partial charge in [0.1, 0.15) is 0 Å². The smallest absolute Gasteiger partial charge is 0.191 e. The first-order valence-electron chi connectivity index (χ1n) is 8.44. The SMILES string of the molecule is CN=C(NCCN1CCOCC1)NCc1nccc2ccccc12. The highest BCUT2D eigenvalue weighted by Crippen LogP contribution is 2.15. The van der Waals surface area contributed by atoms with Crippen molar-refractivity contribution in [3.05, 3.63) is 42.2 Å². The molecule has 6 heteroatoms. The zero-order chi connectivity index (χ0) is 16.6. The van der Waals surface area contributed by atoms with E-state index in [2.05, 4.69) is 37.6 Å². The monoisotopic (exact) mass is 327 g/mol. The zero-order valence-electron chi connectivity index (χ0n) is 14.2. The van der Waals surface area contributed by atoms with Crippen molar-refractivity contribution in [2.45, 2.75) is 6.54 Å². The third-order valence-corrected chi connectivity index (χ3v) is 4.23. The van der Waals surface area contributed by atoms with Crippen LogP contribution in [-0.4, -0.2) is 62.3 Å². The molecule has 1 aliphatic heterocycles. The molecule has 0 spiro atoms. The number of fused-ring (bicyclic) bond motifs is 1. The van der Waals surface area contributed by atoms with Gasteiger partial charge in [0.2, 0.25) is 0 Å². The van der Waals surface area contributed by atoms with Gasteiger partial charge in [-0.05, 0) is 11.5 Å². The van der Waals surface area contributed by atoms with Crippen LogP contribution in [-0.2, 0) is 11.3 Å². The number of hydrogen-bond acceptors (Lipinski definition) is 4. The molecule has 24 heavy (non-hydrogen) atoms. The predicted octanol–water partition coefficient (Wildman–Crippen LogP) is 1.23. The molecule has 0 aliphatic carbocycles. The van der Waals surface area contributed by atoms with Crippen LogP contribution in [0.25, 0.3) is 10.8 Å². The summed E-state index contributed by atoms with van der Waals surface area (Å²) in [4.78, 5) is 11.2. The molecule has 1 aliphatic rings. The van der Waals surface area contributed by atoms with Gasteiger partial charge in [-0.15, -0.1) is 0 Å². The molecule has 0 radical (unpaired) electrons. The van der Waals surface area contributed by atoms with E-state index in [-0.39, 0.29) is 0 Å². The van der Waals surface area contributed by atoms with Gasteiger partial charge in [0.25, 0.3) is 0 Å². The van der Waals surface area contributed by atoms with Crippen LogP contribution >= 0.6 is 0 Å². The first-order valence-corrected chi connectivity index (χ1v) is 8.44. The second kappa shape index (κ2) is 8.61. The molecule has 0 atom stereocenters. The predicted molar refractivity (Wildman–Crippen MR) is 97.2 cm³/mol. The normalized spacial score (nSPS) is 16.3. The standard InChI is InChI=1S/C18H25N5O/c1-19-18(21-8-9-23-10-12-24-13-11-23)22-14-17-16-5-3-2-4-15(16)6-7-20-17/h2-7H,8-14H2,1H3,(H2,19,21,22). The van der Waals surface area contributed by atoms with Crippen LogP contribution < -0.4 is 10.6 Å². The lowest BCUT2D eigenvalue weighted by Crippen LogP contribution is -2.44. The van der Waals surface area contributed by atoms with E-state index in [4.69, 9.17) is 4.74 Å². The summed E-state index contributed by atoms with van der Waals surface area (Å²) in [6.45, 7) is 6.19.